The SMILES string of the molecule is C=CC(=C)C(C)(C)C.C=CC=C.CC.Cc1ccc(C(C)(C)C)cc1C. The lowest BCUT2D eigenvalue weighted by Crippen LogP contribution is -2.11. The molecule has 0 aliphatic carbocycles. The lowest BCUT2D eigenvalue weighted by Gasteiger charge is -2.19. The van der Waals surface area contributed by atoms with Crippen LogP contribution in [0.5, 0.6) is 0 Å². The highest BCUT2D eigenvalue weighted by Gasteiger charge is 2.13. The Bertz CT molecular complexity index is 536. The summed E-state index contributed by atoms with van der Waals surface area (Å²) in [6.45, 7) is 35.6. The van der Waals surface area contributed by atoms with Gasteiger partial charge in [0.15, 0.2) is 0 Å². The molecule has 148 valence electrons. The average Bonchev–Trinajstić information content (AvgIpc) is 2.57. The van der Waals surface area contributed by atoms with E-state index in [1.54, 1.807) is 18.2 Å². The van der Waals surface area contributed by atoms with Crippen LogP contribution in [0.25, 0.3) is 0 Å². The second kappa shape index (κ2) is 14.4. The van der Waals surface area contributed by atoms with Gasteiger partial charge in [0.1, 0.15) is 0 Å². The van der Waals surface area contributed by atoms with Gasteiger partial charge in [0.25, 0.3) is 0 Å². The molecule has 1 aromatic rings. The summed E-state index contributed by atoms with van der Waals surface area (Å²) in [4.78, 5) is 0. The van der Waals surface area contributed by atoms with E-state index in [9.17, 15) is 0 Å². The van der Waals surface area contributed by atoms with Gasteiger partial charge in [0.05, 0.1) is 0 Å². The molecule has 1 rings (SSSR count). The second-order valence-electron chi connectivity index (χ2n) is 8.00. The molecule has 0 aliphatic rings. The smallest absolute Gasteiger partial charge is 0.0132 e. The molecule has 0 amide bonds. The summed E-state index contributed by atoms with van der Waals surface area (Å²) in [5, 5.41) is 0. The fraction of sp³-hybridized carbons (Fsp3) is 0.462. The maximum atomic E-state index is 3.83. The minimum atomic E-state index is 0.196. The summed E-state index contributed by atoms with van der Waals surface area (Å²) in [6, 6.07) is 6.72. The van der Waals surface area contributed by atoms with Crippen molar-refractivity contribution in [2.45, 2.75) is 74.7 Å². The quantitative estimate of drug-likeness (QED) is 0.464. The standard InChI is InChI=1S/C12H18.C8H14.C4H6.C2H6/c1-9-6-7-11(8-10(9)2)12(3,4)5;1-6-7(2)8(3,4)5;1-3-4-2;1-2/h6-8H,1-5H3;6H,1-2H2,3-5H3;3-4H,1-2H2;1-2H3. The molecule has 0 nitrogen and oxygen atoms in total. The molecule has 0 aliphatic heterocycles. The highest BCUT2D eigenvalue weighted by atomic mass is 14.2. The van der Waals surface area contributed by atoms with Crippen LogP contribution in [0.15, 0.2) is 68.3 Å². The van der Waals surface area contributed by atoms with Crippen molar-refractivity contribution < 1.29 is 0 Å². The van der Waals surface area contributed by atoms with E-state index in [2.05, 4.69) is 99.9 Å². The first-order valence-electron chi connectivity index (χ1n) is 9.44. The zero-order valence-electron chi connectivity index (χ0n) is 19.3. The third-order valence-corrected chi connectivity index (χ3v) is 3.75. The van der Waals surface area contributed by atoms with E-state index in [0.29, 0.717) is 0 Å². The van der Waals surface area contributed by atoms with Crippen LogP contribution in [0.1, 0.15) is 72.1 Å². The summed E-state index contributed by atoms with van der Waals surface area (Å²) in [5.74, 6) is 0. The van der Waals surface area contributed by atoms with E-state index < -0.39 is 0 Å². The summed E-state index contributed by atoms with van der Waals surface area (Å²) >= 11 is 0. The van der Waals surface area contributed by atoms with Gasteiger partial charge in [-0.15, -0.1) is 0 Å². The molecule has 0 heterocycles. The van der Waals surface area contributed by atoms with Gasteiger partial charge in [-0.2, -0.15) is 0 Å². The number of benzene rings is 1. The molecule has 0 saturated carbocycles. The minimum Gasteiger partial charge on any atom is -0.0991 e. The second-order valence-corrected chi connectivity index (χ2v) is 8.00. The fourth-order valence-corrected chi connectivity index (χ4v) is 1.51. The third-order valence-electron chi connectivity index (χ3n) is 3.75. The first-order valence-corrected chi connectivity index (χ1v) is 9.44. The van der Waals surface area contributed by atoms with Crippen LogP contribution in [0.2, 0.25) is 0 Å². The first kappa shape index (κ1) is 29.0. The van der Waals surface area contributed by atoms with Crippen molar-refractivity contribution in [3.8, 4) is 0 Å². The minimum absolute atomic E-state index is 0.196. The maximum absolute atomic E-state index is 3.83. The first-order chi connectivity index (χ1) is 11.8. The Balaban J connectivity index is -0.000000328. The Morgan fingerprint density at radius 3 is 1.42 bits per heavy atom. The lowest BCUT2D eigenvalue weighted by atomic mass is 9.85. The fourth-order valence-electron chi connectivity index (χ4n) is 1.51. The van der Waals surface area contributed by atoms with Crippen molar-refractivity contribution in [1.82, 2.24) is 0 Å². The van der Waals surface area contributed by atoms with Crippen molar-refractivity contribution >= 4 is 0 Å². The molecule has 26 heavy (non-hydrogen) atoms. The van der Waals surface area contributed by atoms with Gasteiger partial charge in [0, 0.05) is 0 Å². The Morgan fingerprint density at radius 2 is 1.23 bits per heavy atom. The number of hydrogen-bond donors (Lipinski definition) is 0. The van der Waals surface area contributed by atoms with Gasteiger partial charge in [-0.1, -0.05) is 124 Å². The topological polar surface area (TPSA) is 0 Å². The molecular formula is C26H44. The number of rotatable bonds is 2. The van der Waals surface area contributed by atoms with Crippen molar-refractivity contribution in [3.05, 3.63) is 85.0 Å². The molecule has 0 aromatic heterocycles. The van der Waals surface area contributed by atoms with Crippen molar-refractivity contribution in [2.75, 3.05) is 0 Å². The van der Waals surface area contributed by atoms with Crippen LogP contribution >= 0.6 is 0 Å². The molecule has 0 unspecified atom stereocenters. The van der Waals surface area contributed by atoms with E-state index in [4.69, 9.17) is 0 Å². The van der Waals surface area contributed by atoms with Crippen LogP contribution in [0, 0.1) is 19.3 Å². The lowest BCUT2D eigenvalue weighted by molar-refractivity contribution is 0.519. The van der Waals surface area contributed by atoms with Crippen LogP contribution in [-0.4, -0.2) is 0 Å². The molecule has 0 bridgehead atoms. The normalized spacial score (nSPS) is 9.77. The highest BCUT2D eigenvalue weighted by molar-refractivity contribution is 5.33. The number of allylic oxidation sites excluding steroid dienone is 4. The van der Waals surface area contributed by atoms with Gasteiger partial charge in [-0.3, -0.25) is 0 Å². The van der Waals surface area contributed by atoms with E-state index in [-0.39, 0.29) is 10.8 Å². The van der Waals surface area contributed by atoms with E-state index >= 15 is 0 Å². The van der Waals surface area contributed by atoms with Crippen LogP contribution in [-0.2, 0) is 5.41 Å². The molecular weight excluding hydrogens is 312 g/mol. The van der Waals surface area contributed by atoms with Gasteiger partial charge in [-0.05, 0) is 41.4 Å². The van der Waals surface area contributed by atoms with Crippen LogP contribution in [0.4, 0.5) is 0 Å². The number of aryl methyl sites for hydroxylation is 2. The Kier molecular flexibility index (Phi) is 16.0. The Morgan fingerprint density at radius 1 is 0.808 bits per heavy atom. The third kappa shape index (κ3) is 14.5. The van der Waals surface area contributed by atoms with E-state index in [0.717, 1.165) is 5.57 Å². The predicted molar refractivity (Wildman–Crippen MR) is 125 cm³/mol. The number of hydrogen-bond acceptors (Lipinski definition) is 0. The van der Waals surface area contributed by atoms with Gasteiger partial charge in [0.2, 0.25) is 0 Å². The molecule has 0 atom stereocenters. The maximum Gasteiger partial charge on any atom is -0.0132 e. The largest absolute Gasteiger partial charge is 0.0991 e. The predicted octanol–water partition coefficient (Wildman–Crippen LogP) is 8.76. The Hall–Kier alpha value is -1.82. The molecule has 1 aromatic carbocycles. The summed E-state index contributed by atoms with van der Waals surface area (Å²) in [6.07, 6.45) is 5.08. The molecule has 0 N–H and O–H groups in total. The van der Waals surface area contributed by atoms with Gasteiger partial charge in [-0.25, -0.2) is 0 Å². The highest BCUT2D eigenvalue weighted by Crippen LogP contribution is 2.24. The molecule has 0 spiro atoms. The van der Waals surface area contributed by atoms with Gasteiger partial charge < -0.3 is 0 Å². The van der Waals surface area contributed by atoms with Crippen LogP contribution < -0.4 is 0 Å². The molecule has 0 saturated heterocycles. The molecule has 0 radical (unpaired) electrons. The zero-order chi connectivity index (χ0) is 21.6. The summed E-state index contributed by atoms with van der Waals surface area (Å²) in [5.41, 5.74) is 5.76. The van der Waals surface area contributed by atoms with Crippen molar-refractivity contribution in [3.63, 3.8) is 0 Å². The van der Waals surface area contributed by atoms with Crippen LogP contribution in [0.3, 0.4) is 0 Å². The summed E-state index contributed by atoms with van der Waals surface area (Å²) < 4.78 is 0. The van der Waals surface area contributed by atoms with Gasteiger partial charge >= 0.3 is 0 Å². The Labute approximate surface area is 165 Å². The van der Waals surface area contributed by atoms with E-state index in [1.165, 1.54) is 16.7 Å². The molecule has 0 fully saturated rings. The average molecular weight is 357 g/mol. The molecule has 0 heteroatoms. The van der Waals surface area contributed by atoms with Crippen molar-refractivity contribution in [1.29, 1.82) is 0 Å². The van der Waals surface area contributed by atoms with E-state index in [1.807, 2.05) is 13.8 Å². The summed E-state index contributed by atoms with van der Waals surface area (Å²) in [7, 11) is 0. The van der Waals surface area contributed by atoms with Crippen molar-refractivity contribution in [2.24, 2.45) is 5.41 Å². The monoisotopic (exact) mass is 356 g/mol. The zero-order valence-corrected chi connectivity index (χ0v) is 19.3.